The zero-order chi connectivity index (χ0) is 20.7. The normalized spacial score (nSPS) is 18.7. The Bertz CT molecular complexity index is 495. The molecule has 0 aromatic heterocycles. The highest BCUT2D eigenvalue weighted by Gasteiger charge is 2.16. The molecule has 0 saturated carbocycles. The molecule has 154 valence electrons. The summed E-state index contributed by atoms with van der Waals surface area (Å²) in [7, 11) is 3.92. The fourth-order valence-corrected chi connectivity index (χ4v) is 2.47. The minimum Gasteiger partial charge on any atom is -0.478 e. The maximum atomic E-state index is 11.1. The Hall–Kier alpha value is -2.15. The van der Waals surface area contributed by atoms with E-state index in [0.29, 0.717) is 12.0 Å². The summed E-state index contributed by atoms with van der Waals surface area (Å²) >= 11 is 0. The van der Waals surface area contributed by atoms with Crippen molar-refractivity contribution < 1.29 is 19.5 Å². The van der Waals surface area contributed by atoms with Gasteiger partial charge in [0.05, 0.1) is 5.92 Å². The summed E-state index contributed by atoms with van der Waals surface area (Å²) in [4.78, 5) is 33.5. The van der Waals surface area contributed by atoms with Crippen molar-refractivity contribution in [3.05, 3.63) is 24.8 Å². The topological polar surface area (TPSA) is 98.7 Å². The quantitative estimate of drug-likeness (QED) is 0.482. The van der Waals surface area contributed by atoms with E-state index in [2.05, 4.69) is 23.8 Å². The third-order valence-corrected chi connectivity index (χ3v) is 4.15. The molecule has 2 heterocycles. The number of carbonyl (C=O) groups is 3. The van der Waals surface area contributed by atoms with Crippen LogP contribution in [0.2, 0.25) is 0 Å². The Morgan fingerprint density at radius 2 is 1.89 bits per heavy atom. The Labute approximate surface area is 162 Å². The molecular weight excluding hydrogens is 346 g/mol. The first-order valence-corrected chi connectivity index (χ1v) is 9.50. The van der Waals surface area contributed by atoms with E-state index in [0.717, 1.165) is 58.2 Å². The van der Waals surface area contributed by atoms with Gasteiger partial charge in [0.1, 0.15) is 0 Å². The molecule has 7 nitrogen and oxygen atoms in total. The molecule has 1 atom stereocenters. The van der Waals surface area contributed by atoms with Crippen molar-refractivity contribution in [3.63, 3.8) is 0 Å². The number of nitrogens with zero attached hydrogens (tertiary/aromatic N) is 1. The molecule has 0 aliphatic carbocycles. The number of aliphatic carboxylic acids is 1. The van der Waals surface area contributed by atoms with E-state index in [9.17, 15) is 14.4 Å². The molecule has 2 amide bonds. The van der Waals surface area contributed by atoms with Crippen molar-refractivity contribution in [3.8, 4) is 0 Å². The maximum absolute atomic E-state index is 11.1. The number of carboxylic acids is 1. The molecule has 3 N–H and O–H groups in total. The molecule has 2 aliphatic heterocycles. The monoisotopic (exact) mass is 381 g/mol. The number of rotatable bonds is 6. The van der Waals surface area contributed by atoms with E-state index >= 15 is 0 Å². The van der Waals surface area contributed by atoms with Gasteiger partial charge in [0.15, 0.2) is 0 Å². The molecule has 7 heteroatoms. The summed E-state index contributed by atoms with van der Waals surface area (Å²) in [6, 6.07) is 0. The number of hydrogen-bond donors (Lipinski definition) is 3. The lowest BCUT2D eigenvalue weighted by Gasteiger charge is -2.08. The van der Waals surface area contributed by atoms with Crippen LogP contribution in [-0.4, -0.2) is 61.5 Å². The van der Waals surface area contributed by atoms with Crippen molar-refractivity contribution in [2.75, 3.05) is 33.7 Å². The first-order valence-electron chi connectivity index (χ1n) is 9.50. The van der Waals surface area contributed by atoms with Gasteiger partial charge in [-0.15, -0.1) is 6.58 Å². The van der Waals surface area contributed by atoms with Crippen LogP contribution < -0.4 is 10.6 Å². The molecule has 2 saturated heterocycles. The summed E-state index contributed by atoms with van der Waals surface area (Å²) in [6.07, 6.45) is 8.14. The molecule has 0 aromatic carbocycles. The van der Waals surface area contributed by atoms with Crippen molar-refractivity contribution in [2.24, 2.45) is 5.92 Å². The summed E-state index contributed by atoms with van der Waals surface area (Å²) in [5.74, 6) is -0.478. The molecule has 27 heavy (non-hydrogen) atoms. The number of carboxylic acid groups (broad SMARTS) is 1. The Balaban J connectivity index is 0.000000390. The summed E-state index contributed by atoms with van der Waals surface area (Å²) in [5.41, 5.74) is 0.298. The Kier molecular flexibility index (Phi) is 13.8. The first-order chi connectivity index (χ1) is 12.8. The maximum Gasteiger partial charge on any atom is 0.330 e. The molecule has 2 fully saturated rings. The van der Waals surface area contributed by atoms with Crippen molar-refractivity contribution in [1.29, 1.82) is 0 Å². The minimum absolute atomic E-state index is 0.0579. The largest absolute Gasteiger partial charge is 0.478 e. The summed E-state index contributed by atoms with van der Waals surface area (Å²) in [6.45, 7) is 9.68. The van der Waals surface area contributed by atoms with E-state index in [1.807, 2.05) is 19.0 Å². The van der Waals surface area contributed by atoms with Gasteiger partial charge in [-0.2, -0.15) is 0 Å². The Morgan fingerprint density at radius 3 is 2.33 bits per heavy atom. The molecule has 0 aromatic rings. The highest BCUT2D eigenvalue weighted by Crippen LogP contribution is 2.12. The zero-order valence-corrected chi connectivity index (χ0v) is 16.8. The van der Waals surface area contributed by atoms with Crippen LogP contribution in [0.1, 0.15) is 44.9 Å². The van der Waals surface area contributed by atoms with Gasteiger partial charge < -0.3 is 20.6 Å². The van der Waals surface area contributed by atoms with Crippen LogP contribution in [0, 0.1) is 5.92 Å². The second kappa shape index (κ2) is 15.0. The molecule has 0 spiro atoms. The predicted octanol–water partition coefficient (Wildman–Crippen LogP) is 1.95. The second-order valence-corrected chi connectivity index (χ2v) is 6.90. The number of hydrogen-bond acceptors (Lipinski definition) is 4. The predicted molar refractivity (Wildman–Crippen MR) is 107 cm³/mol. The third kappa shape index (κ3) is 13.7. The minimum atomic E-state index is -0.885. The number of nitrogens with one attached hydrogen (secondary N) is 2. The highest BCUT2D eigenvalue weighted by atomic mass is 16.4. The standard InChI is InChI=1S/C8H15NO2.C8H13NO.C4H7NO/c1-7(8(10)11)5-4-6-9(2)3;1-2-7-5-3-4-6-9-8(7)10;6-4-2-1-3-5-4/h1,4-6H2,2-3H3,(H,10,11);2,7H,1,3-6H2,(H,9,10);1-3H2,(H,5,6). The van der Waals surface area contributed by atoms with Crippen LogP contribution in [-0.2, 0) is 14.4 Å². The van der Waals surface area contributed by atoms with Gasteiger partial charge in [0.2, 0.25) is 11.8 Å². The van der Waals surface area contributed by atoms with E-state index in [1.165, 1.54) is 0 Å². The molecule has 0 bridgehead atoms. The molecule has 1 unspecified atom stereocenters. The lowest BCUT2D eigenvalue weighted by Crippen LogP contribution is -2.27. The van der Waals surface area contributed by atoms with Crippen molar-refractivity contribution in [1.82, 2.24) is 15.5 Å². The highest BCUT2D eigenvalue weighted by molar-refractivity contribution is 5.85. The SMILES string of the molecule is C=C(CCCN(C)C)C(=O)O.C=CC1CCCCNC1=O.O=C1CCCN1. The van der Waals surface area contributed by atoms with E-state index in [1.54, 1.807) is 6.08 Å². The van der Waals surface area contributed by atoms with Crippen LogP contribution in [0.3, 0.4) is 0 Å². The smallest absolute Gasteiger partial charge is 0.330 e. The van der Waals surface area contributed by atoms with Gasteiger partial charge in [-0.25, -0.2) is 4.79 Å². The van der Waals surface area contributed by atoms with Gasteiger partial charge in [0.25, 0.3) is 0 Å². The molecular formula is C20H35N3O4. The van der Waals surface area contributed by atoms with E-state index in [4.69, 9.17) is 5.11 Å². The summed E-state index contributed by atoms with van der Waals surface area (Å²) in [5, 5.41) is 13.9. The van der Waals surface area contributed by atoms with Gasteiger partial charge in [-0.3, -0.25) is 9.59 Å². The first kappa shape index (κ1) is 24.8. The lowest BCUT2D eigenvalue weighted by atomic mass is 10.0. The van der Waals surface area contributed by atoms with Gasteiger partial charge in [0, 0.05) is 25.1 Å². The number of carbonyl (C=O) groups excluding carboxylic acids is 2. The fraction of sp³-hybridized carbons (Fsp3) is 0.650. The van der Waals surface area contributed by atoms with Crippen LogP contribution in [0.15, 0.2) is 24.8 Å². The number of amides is 2. The van der Waals surface area contributed by atoms with Crippen LogP contribution >= 0.6 is 0 Å². The average molecular weight is 382 g/mol. The summed E-state index contributed by atoms with van der Waals surface area (Å²) < 4.78 is 0. The lowest BCUT2D eigenvalue weighted by molar-refractivity contribution is -0.132. The van der Waals surface area contributed by atoms with Crippen LogP contribution in [0.5, 0.6) is 0 Å². The van der Waals surface area contributed by atoms with Crippen molar-refractivity contribution >= 4 is 17.8 Å². The fourth-order valence-electron chi connectivity index (χ4n) is 2.47. The Morgan fingerprint density at radius 1 is 1.22 bits per heavy atom. The van der Waals surface area contributed by atoms with E-state index in [-0.39, 0.29) is 17.7 Å². The average Bonchev–Trinajstić information content (AvgIpc) is 2.99. The zero-order valence-electron chi connectivity index (χ0n) is 16.8. The van der Waals surface area contributed by atoms with Gasteiger partial charge in [-0.05, 0) is 52.7 Å². The third-order valence-electron chi connectivity index (χ3n) is 4.15. The van der Waals surface area contributed by atoms with Gasteiger partial charge >= 0.3 is 5.97 Å². The van der Waals surface area contributed by atoms with E-state index < -0.39 is 5.97 Å². The molecule has 0 radical (unpaired) electrons. The second-order valence-electron chi connectivity index (χ2n) is 6.90. The molecule has 2 rings (SSSR count). The van der Waals surface area contributed by atoms with Crippen LogP contribution in [0.25, 0.3) is 0 Å². The van der Waals surface area contributed by atoms with Gasteiger partial charge in [-0.1, -0.05) is 19.1 Å². The van der Waals surface area contributed by atoms with Crippen molar-refractivity contribution in [2.45, 2.75) is 44.9 Å². The molecule has 2 aliphatic rings. The van der Waals surface area contributed by atoms with Crippen LogP contribution in [0.4, 0.5) is 0 Å².